The van der Waals surface area contributed by atoms with Gasteiger partial charge in [0.2, 0.25) is 11.8 Å². The Kier molecular flexibility index (Phi) is 6.54. The summed E-state index contributed by atoms with van der Waals surface area (Å²) in [5, 5.41) is 8.49. The number of hydrazine groups is 1. The van der Waals surface area contributed by atoms with Crippen molar-refractivity contribution in [2.24, 2.45) is 5.84 Å². The van der Waals surface area contributed by atoms with E-state index >= 15 is 0 Å². The smallest absolute Gasteiger partial charge is 0.238 e. The number of hydrogen-bond donors (Lipinski definition) is 3. The predicted octanol–water partition coefficient (Wildman–Crippen LogP) is 2.80. The first-order valence-electron chi connectivity index (χ1n) is 10.6. The lowest BCUT2D eigenvalue weighted by Crippen LogP contribution is -2.47. The van der Waals surface area contributed by atoms with Gasteiger partial charge in [-0.2, -0.15) is 0 Å². The topological polar surface area (TPSA) is 100 Å². The summed E-state index contributed by atoms with van der Waals surface area (Å²) in [4.78, 5) is 30.0. The van der Waals surface area contributed by atoms with Crippen LogP contribution in [-0.4, -0.2) is 40.9 Å². The Hall–Kier alpha value is -3.29. The lowest BCUT2D eigenvalue weighted by molar-refractivity contribution is -0.125. The van der Waals surface area contributed by atoms with Gasteiger partial charge < -0.3 is 10.6 Å². The van der Waals surface area contributed by atoms with Crippen LogP contribution in [0.25, 0.3) is 10.9 Å². The third-order valence-electron chi connectivity index (χ3n) is 5.71. The van der Waals surface area contributed by atoms with Gasteiger partial charge in [-0.1, -0.05) is 48.5 Å². The van der Waals surface area contributed by atoms with E-state index in [0.29, 0.717) is 18.7 Å². The molecule has 7 nitrogen and oxygen atoms in total. The fraction of sp³-hybridized carbons (Fsp3) is 0.292. The molecule has 2 amide bonds. The van der Waals surface area contributed by atoms with Crippen LogP contribution in [-0.2, 0) is 9.59 Å². The Bertz CT molecular complexity index is 1060. The minimum atomic E-state index is -0.398. The van der Waals surface area contributed by atoms with E-state index in [0.717, 1.165) is 35.9 Å². The standard InChI is InChI=1S/C24H27N5O2/c25-29-14-6-11-22(29)24(31)26-13-12-20(17-7-2-1-3-8-17)23(30)28-19-15-18-9-4-5-10-21(18)27-16-19/h1-5,7-10,15-16,20,22H,6,11-14,25H2,(H,26,31)(H,28,30). The van der Waals surface area contributed by atoms with Gasteiger partial charge in [-0.3, -0.25) is 20.4 Å². The van der Waals surface area contributed by atoms with Crippen molar-refractivity contribution >= 4 is 28.4 Å². The van der Waals surface area contributed by atoms with Crippen LogP contribution < -0.4 is 16.5 Å². The molecule has 7 heteroatoms. The second kappa shape index (κ2) is 9.68. The van der Waals surface area contributed by atoms with E-state index in [1.165, 1.54) is 0 Å². The summed E-state index contributed by atoms with van der Waals surface area (Å²) < 4.78 is 0. The zero-order chi connectivity index (χ0) is 21.6. The third kappa shape index (κ3) is 5.07. The van der Waals surface area contributed by atoms with Gasteiger partial charge in [-0.05, 0) is 37.0 Å². The maximum atomic E-state index is 13.2. The number of benzene rings is 2. The first-order chi connectivity index (χ1) is 15.1. The van der Waals surface area contributed by atoms with Gasteiger partial charge in [-0.15, -0.1) is 0 Å². The van der Waals surface area contributed by atoms with Gasteiger partial charge in [0.05, 0.1) is 23.3 Å². The highest BCUT2D eigenvalue weighted by molar-refractivity contribution is 5.97. The zero-order valence-electron chi connectivity index (χ0n) is 17.3. The normalized spacial score (nSPS) is 17.4. The van der Waals surface area contributed by atoms with Crippen molar-refractivity contribution in [1.29, 1.82) is 0 Å². The van der Waals surface area contributed by atoms with Crippen molar-refractivity contribution in [2.75, 3.05) is 18.4 Å². The van der Waals surface area contributed by atoms with Crippen molar-refractivity contribution < 1.29 is 9.59 Å². The first-order valence-corrected chi connectivity index (χ1v) is 10.6. The van der Waals surface area contributed by atoms with Crippen LogP contribution in [0.4, 0.5) is 5.69 Å². The molecular formula is C24H27N5O2. The number of carbonyl (C=O) groups is 2. The highest BCUT2D eigenvalue weighted by Crippen LogP contribution is 2.23. The van der Waals surface area contributed by atoms with Gasteiger partial charge in [0.1, 0.15) is 6.04 Å². The minimum absolute atomic E-state index is 0.0778. The molecule has 4 rings (SSSR count). The van der Waals surface area contributed by atoms with Gasteiger partial charge in [0.25, 0.3) is 0 Å². The highest BCUT2D eigenvalue weighted by atomic mass is 16.2. The Morgan fingerprint density at radius 2 is 1.90 bits per heavy atom. The molecule has 160 valence electrons. The second-order valence-corrected chi connectivity index (χ2v) is 7.84. The van der Waals surface area contributed by atoms with Crippen LogP contribution in [0.3, 0.4) is 0 Å². The van der Waals surface area contributed by atoms with Crippen molar-refractivity contribution in [2.45, 2.75) is 31.2 Å². The Morgan fingerprint density at radius 3 is 2.68 bits per heavy atom. The fourth-order valence-electron chi connectivity index (χ4n) is 4.03. The molecule has 1 fully saturated rings. The average molecular weight is 418 g/mol. The molecule has 31 heavy (non-hydrogen) atoms. The number of carbonyl (C=O) groups excluding carboxylic acids is 2. The molecule has 0 bridgehead atoms. The Morgan fingerprint density at radius 1 is 1.13 bits per heavy atom. The van der Waals surface area contributed by atoms with Crippen molar-refractivity contribution in [3.63, 3.8) is 0 Å². The van der Waals surface area contributed by atoms with Crippen LogP contribution in [0.2, 0.25) is 0 Å². The van der Waals surface area contributed by atoms with Crippen LogP contribution in [0.15, 0.2) is 66.9 Å². The maximum Gasteiger partial charge on any atom is 0.238 e. The molecule has 0 saturated carbocycles. The summed E-state index contributed by atoms with van der Waals surface area (Å²) >= 11 is 0. The van der Waals surface area contributed by atoms with E-state index in [1.807, 2.05) is 60.7 Å². The van der Waals surface area contributed by atoms with Gasteiger partial charge in [0, 0.05) is 18.5 Å². The minimum Gasteiger partial charge on any atom is -0.355 e. The van der Waals surface area contributed by atoms with E-state index in [4.69, 9.17) is 5.84 Å². The number of rotatable bonds is 7. The molecule has 2 aromatic carbocycles. The summed E-state index contributed by atoms with van der Waals surface area (Å²) in [7, 11) is 0. The average Bonchev–Trinajstić information content (AvgIpc) is 3.23. The van der Waals surface area contributed by atoms with Crippen molar-refractivity contribution in [1.82, 2.24) is 15.3 Å². The number of anilines is 1. The van der Waals surface area contributed by atoms with E-state index in [-0.39, 0.29) is 17.9 Å². The van der Waals surface area contributed by atoms with Crippen LogP contribution in [0.1, 0.15) is 30.7 Å². The van der Waals surface area contributed by atoms with E-state index < -0.39 is 5.92 Å². The summed E-state index contributed by atoms with van der Waals surface area (Å²) in [5.41, 5.74) is 2.44. The lowest BCUT2D eigenvalue weighted by atomic mass is 9.94. The largest absolute Gasteiger partial charge is 0.355 e. The van der Waals surface area contributed by atoms with Crippen molar-refractivity contribution in [3.8, 4) is 0 Å². The number of nitrogens with one attached hydrogen (secondary N) is 2. The van der Waals surface area contributed by atoms with Gasteiger partial charge in [0.15, 0.2) is 0 Å². The molecule has 1 saturated heterocycles. The third-order valence-corrected chi connectivity index (χ3v) is 5.71. The molecule has 3 aromatic rings. The molecule has 4 N–H and O–H groups in total. The van der Waals surface area contributed by atoms with E-state index in [9.17, 15) is 9.59 Å². The molecule has 0 radical (unpaired) electrons. The number of hydrogen-bond acceptors (Lipinski definition) is 5. The predicted molar refractivity (Wildman–Crippen MR) is 121 cm³/mol. The maximum absolute atomic E-state index is 13.2. The number of para-hydroxylation sites is 1. The van der Waals surface area contributed by atoms with E-state index in [2.05, 4.69) is 15.6 Å². The molecule has 0 aliphatic carbocycles. The van der Waals surface area contributed by atoms with Crippen LogP contribution in [0.5, 0.6) is 0 Å². The SMILES string of the molecule is NN1CCCC1C(=O)NCCC(C(=O)Nc1cnc2ccccc2c1)c1ccccc1. The van der Waals surface area contributed by atoms with Gasteiger partial charge in [-0.25, -0.2) is 5.01 Å². The number of aromatic nitrogens is 1. The summed E-state index contributed by atoms with van der Waals surface area (Å²) in [5.74, 6) is 5.28. The number of nitrogens with zero attached hydrogens (tertiary/aromatic N) is 2. The number of nitrogens with two attached hydrogens (primary N) is 1. The molecule has 2 unspecified atom stereocenters. The first kappa shape index (κ1) is 21.0. The number of fused-ring (bicyclic) bond motifs is 1. The molecule has 0 spiro atoms. The quantitative estimate of drug-likeness (QED) is 0.513. The Balaban J connectivity index is 1.44. The number of pyridine rings is 1. The molecule has 1 aromatic heterocycles. The molecule has 1 aliphatic heterocycles. The summed E-state index contributed by atoms with van der Waals surface area (Å²) in [6, 6.07) is 19.0. The van der Waals surface area contributed by atoms with Crippen molar-refractivity contribution in [3.05, 3.63) is 72.4 Å². The van der Waals surface area contributed by atoms with E-state index in [1.54, 1.807) is 11.2 Å². The monoisotopic (exact) mass is 417 g/mol. The Labute approximate surface area is 181 Å². The number of amides is 2. The molecule has 2 heterocycles. The highest BCUT2D eigenvalue weighted by Gasteiger charge is 2.28. The molecular weight excluding hydrogens is 390 g/mol. The lowest BCUT2D eigenvalue weighted by Gasteiger charge is -2.20. The fourth-order valence-corrected chi connectivity index (χ4v) is 4.03. The molecule has 1 aliphatic rings. The zero-order valence-corrected chi connectivity index (χ0v) is 17.3. The van der Waals surface area contributed by atoms with Gasteiger partial charge >= 0.3 is 0 Å². The van der Waals surface area contributed by atoms with Crippen LogP contribution >= 0.6 is 0 Å². The summed E-state index contributed by atoms with van der Waals surface area (Å²) in [6.45, 7) is 1.12. The second-order valence-electron chi connectivity index (χ2n) is 7.84. The molecule has 2 atom stereocenters. The summed E-state index contributed by atoms with van der Waals surface area (Å²) in [6.07, 6.45) is 3.84. The van der Waals surface area contributed by atoms with Crippen LogP contribution in [0, 0.1) is 0 Å².